The second-order valence-corrected chi connectivity index (χ2v) is 5.62. The number of nitrogens with one attached hydrogen (secondary N) is 1. The zero-order valence-electron chi connectivity index (χ0n) is 12.9. The lowest BCUT2D eigenvalue weighted by Crippen LogP contribution is -2.19. The van der Waals surface area contributed by atoms with E-state index in [1.807, 2.05) is 19.3 Å². The van der Waals surface area contributed by atoms with Gasteiger partial charge < -0.3 is 10.2 Å². The monoisotopic (exact) mass is 303 g/mol. The van der Waals surface area contributed by atoms with Crippen LogP contribution in [0.5, 0.6) is 0 Å². The number of nitrogens with zero attached hydrogens (tertiary/aromatic N) is 2. The van der Waals surface area contributed by atoms with Crippen LogP contribution in [0.1, 0.15) is 23.6 Å². The van der Waals surface area contributed by atoms with Crippen molar-refractivity contribution in [3.05, 3.63) is 58.2 Å². The first-order valence-electron chi connectivity index (χ1n) is 7.22. The fraction of sp³-hybridized carbons (Fsp3) is 0.353. The molecule has 0 aliphatic heterocycles. The third-order valence-electron chi connectivity index (χ3n) is 3.49. The summed E-state index contributed by atoms with van der Waals surface area (Å²) in [5.41, 5.74) is 3.67. The molecule has 0 fully saturated rings. The van der Waals surface area contributed by atoms with Gasteiger partial charge in [0.2, 0.25) is 0 Å². The molecule has 0 aliphatic carbocycles. The zero-order valence-corrected chi connectivity index (χ0v) is 13.6. The molecule has 112 valence electrons. The summed E-state index contributed by atoms with van der Waals surface area (Å²) in [6.45, 7) is 6.74. The Morgan fingerprint density at radius 2 is 2.05 bits per heavy atom. The highest BCUT2D eigenvalue weighted by atomic mass is 35.5. The Labute approximate surface area is 132 Å². The zero-order chi connectivity index (χ0) is 15.2. The van der Waals surface area contributed by atoms with Crippen molar-refractivity contribution >= 4 is 17.4 Å². The third kappa shape index (κ3) is 4.19. The SMILES string of the molecule is CCNCc1cnc(N(C)Cc2ccccc2C)c(Cl)c1. The van der Waals surface area contributed by atoms with Gasteiger partial charge in [-0.3, -0.25) is 0 Å². The topological polar surface area (TPSA) is 28.2 Å². The molecule has 0 bridgehead atoms. The van der Waals surface area contributed by atoms with Gasteiger partial charge in [0, 0.05) is 26.3 Å². The van der Waals surface area contributed by atoms with E-state index in [1.54, 1.807) is 0 Å². The van der Waals surface area contributed by atoms with Crippen LogP contribution in [0.15, 0.2) is 36.5 Å². The van der Waals surface area contributed by atoms with Crippen molar-refractivity contribution in [2.75, 3.05) is 18.5 Å². The predicted molar refractivity (Wildman–Crippen MR) is 89.9 cm³/mol. The highest BCUT2D eigenvalue weighted by Crippen LogP contribution is 2.25. The summed E-state index contributed by atoms with van der Waals surface area (Å²) in [5.74, 6) is 0.820. The van der Waals surface area contributed by atoms with Crippen LogP contribution in [0.25, 0.3) is 0 Å². The maximum atomic E-state index is 6.38. The number of benzene rings is 1. The number of rotatable bonds is 6. The Morgan fingerprint density at radius 1 is 1.29 bits per heavy atom. The number of pyridine rings is 1. The van der Waals surface area contributed by atoms with E-state index in [2.05, 4.69) is 53.3 Å². The Morgan fingerprint density at radius 3 is 2.71 bits per heavy atom. The van der Waals surface area contributed by atoms with E-state index in [0.29, 0.717) is 5.02 Å². The summed E-state index contributed by atoms with van der Waals surface area (Å²) < 4.78 is 0. The Bertz CT molecular complexity index is 598. The normalized spacial score (nSPS) is 10.7. The number of aromatic nitrogens is 1. The second kappa shape index (κ2) is 7.43. The van der Waals surface area contributed by atoms with Gasteiger partial charge in [0.1, 0.15) is 5.82 Å². The first-order valence-corrected chi connectivity index (χ1v) is 7.60. The largest absolute Gasteiger partial charge is 0.354 e. The van der Waals surface area contributed by atoms with E-state index in [0.717, 1.165) is 31.0 Å². The summed E-state index contributed by atoms with van der Waals surface area (Å²) in [7, 11) is 2.02. The molecule has 0 unspecified atom stereocenters. The lowest BCUT2D eigenvalue weighted by Gasteiger charge is -2.21. The standard InChI is InChI=1S/C17H22ClN3/c1-4-19-10-14-9-16(18)17(20-11-14)21(3)12-15-8-6-5-7-13(15)2/h5-9,11,19H,4,10,12H2,1-3H3. The van der Waals surface area contributed by atoms with Crippen LogP contribution in [0.3, 0.4) is 0 Å². The molecule has 0 radical (unpaired) electrons. The minimum Gasteiger partial charge on any atom is -0.354 e. The van der Waals surface area contributed by atoms with Crippen LogP contribution in [0, 0.1) is 6.92 Å². The number of hydrogen-bond acceptors (Lipinski definition) is 3. The van der Waals surface area contributed by atoms with E-state index in [1.165, 1.54) is 11.1 Å². The van der Waals surface area contributed by atoms with Gasteiger partial charge in [0.25, 0.3) is 0 Å². The van der Waals surface area contributed by atoms with Gasteiger partial charge in [-0.05, 0) is 36.2 Å². The van der Waals surface area contributed by atoms with Crippen molar-refractivity contribution in [2.24, 2.45) is 0 Å². The third-order valence-corrected chi connectivity index (χ3v) is 3.77. The molecule has 0 aliphatic rings. The molecule has 4 heteroatoms. The lowest BCUT2D eigenvalue weighted by molar-refractivity contribution is 0.724. The molecule has 1 aromatic carbocycles. The Kier molecular flexibility index (Phi) is 5.59. The van der Waals surface area contributed by atoms with Crippen LogP contribution in [0.2, 0.25) is 5.02 Å². The Balaban J connectivity index is 2.12. The number of anilines is 1. The summed E-state index contributed by atoms with van der Waals surface area (Å²) in [6.07, 6.45) is 1.89. The Hall–Kier alpha value is -1.58. The number of hydrogen-bond donors (Lipinski definition) is 1. The minimum atomic E-state index is 0.696. The lowest BCUT2D eigenvalue weighted by atomic mass is 10.1. The van der Waals surface area contributed by atoms with E-state index in [9.17, 15) is 0 Å². The molecular weight excluding hydrogens is 282 g/mol. The average Bonchev–Trinajstić information content (AvgIpc) is 2.47. The first kappa shape index (κ1) is 15.8. The van der Waals surface area contributed by atoms with Gasteiger partial charge in [0.15, 0.2) is 0 Å². The van der Waals surface area contributed by atoms with E-state index in [4.69, 9.17) is 11.6 Å². The van der Waals surface area contributed by atoms with Crippen molar-refractivity contribution in [2.45, 2.75) is 26.9 Å². The van der Waals surface area contributed by atoms with E-state index in [-0.39, 0.29) is 0 Å². The first-order chi connectivity index (χ1) is 10.1. The average molecular weight is 304 g/mol. The maximum absolute atomic E-state index is 6.38. The van der Waals surface area contributed by atoms with E-state index < -0.39 is 0 Å². The van der Waals surface area contributed by atoms with Gasteiger partial charge in [-0.15, -0.1) is 0 Å². The van der Waals surface area contributed by atoms with Crippen LogP contribution in [-0.4, -0.2) is 18.6 Å². The van der Waals surface area contributed by atoms with Gasteiger partial charge in [-0.25, -0.2) is 4.98 Å². The van der Waals surface area contributed by atoms with Crippen LogP contribution < -0.4 is 10.2 Å². The van der Waals surface area contributed by atoms with E-state index >= 15 is 0 Å². The molecular formula is C17H22ClN3. The molecule has 0 atom stereocenters. The highest BCUT2D eigenvalue weighted by molar-refractivity contribution is 6.33. The minimum absolute atomic E-state index is 0.696. The molecule has 21 heavy (non-hydrogen) atoms. The summed E-state index contributed by atoms with van der Waals surface area (Å²) in [6, 6.07) is 10.4. The molecule has 0 saturated carbocycles. The molecule has 0 spiro atoms. The van der Waals surface area contributed by atoms with Gasteiger partial charge in [-0.1, -0.05) is 42.8 Å². The number of aryl methyl sites for hydroxylation is 1. The highest BCUT2D eigenvalue weighted by Gasteiger charge is 2.10. The molecule has 2 aromatic rings. The van der Waals surface area contributed by atoms with Crippen molar-refractivity contribution in [3.8, 4) is 0 Å². The maximum Gasteiger partial charge on any atom is 0.147 e. The van der Waals surface area contributed by atoms with Crippen LogP contribution >= 0.6 is 11.6 Å². The van der Waals surface area contributed by atoms with Crippen molar-refractivity contribution < 1.29 is 0 Å². The molecule has 0 saturated heterocycles. The van der Waals surface area contributed by atoms with Crippen molar-refractivity contribution in [3.63, 3.8) is 0 Å². The molecule has 0 amide bonds. The fourth-order valence-electron chi connectivity index (χ4n) is 2.24. The number of halogens is 1. The molecule has 1 heterocycles. The van der Waals surface area contributed by atoms with Gasteiger partial charge in [-0.2, -0.15) is 0 Å². The predicted octanol–water partition coefficient (Wildman–Crippen LogP) is 3.79. The molecule has 1 N–H and O–H groups in total. The fourth-order valence-corrected chi connectivity index (χ4v) is 2.57. The van der Waals surface area contributed by atoms with Crippen LogP contribution in [-0.2, 0) is 13.1 Å². The molecule has 1 aromatic heterocycles. The molecule has 2 rings (SSSR count). The van der Waals surface area contributed by atoms with Crippen LogP contribution in [0.4, 0.5) is 5.82 Å². The summed E-state index contributed by atoms with van der Waals surface area (Å²) in [5, 5.41) is 3.97. The van der Waals surface area contributed by atoms with Gasteiger partial charge >= 0.3 is 0 Å². The summed E-state index contributed by atoms with van der Waals surface area (Å²) >= 11 is 6.38. The van der Waals surface area contributed by atoms with Crippen molar-refractivity contribution in [1.29, 1.82) is 0 Å². The molecule has 3 nitrogen and oxygen atoms in total. The quantitative estimate of drug-likeness (QED) is 0.880. The summed E-state index contributed by atoms with van der Waals surface area (Å²) in [4.78, 5) is 6.60. The smallest absolute Gasteiger partial charge is 0.147 e. The second-order valence-electron chi connectivity index (χ2n) is 5.21. The van der Waals surface area contributed by atoms with Crippen molar-refractivity contribution in [1.82, 2.24) is 10.3 Å². The van der Waals surface area contributed by atoms with Gasteiger partial charge in [0.05, 0.1) is 5.02 Å².